The van der Waals surface area contributed by atoms with Gasteiger partial charge in [0.15, 0.2) is 24.3 Å². The lowest BCUT2D eigenvalue weighted by Crippen LogP contribution is -2.54. The van der Waals surface area contributed by atoms with E-state index in [0.717, 1.165) is 24.4 Å². The Labute approximate surface area is 223 Å². The number of likely N-dealkylation sites (N-methyl/N-ethyl adjacent to an activating group) is 1. The van der Waals surface area contributed by atoms with Gasteiger partial charge in [0.2, 0.25) is 0 Å². The lowest BCUT2D eigenvalue weighted by atomic mass is 9.92. The number of aromatic nitrogens is 3. The molecule has 2 aliphatic rings. The summed E-state index contributed by atoms with van der Waals surface area (Å²) in [5.74, 6) is 0.907. The van der Waals surface area contributed by atoms with Crippen molar-refractivity contribution in [2.45, 2.75) is 31.6 Å². The molecule has 1 aliphatic carbocycles. The Morgan fingerprint density at radius 3 is 2.68 bits per heavy atom. The fraction of sp³-hybridized carbons (Fsp3) is 0.385. The molecule has 6 nitrogen and oxygen atoms in total. The molecule has 0 saturated carbocycles. The van der Waals surface area contributed by atoms with Gasteiger partial charge in [0.1, 0.15) is 5.82 Å². The number of nitrogens with two attached hydrogens (primary N) is 1. The molecule has 37 heavy (non-hydrogen) atoms. The average molecular weight is 552 g/mol. The van der Waals surface area contributed by atoms with Crippen LogP contribution in [0.4, 0.5) is 24.8 Å². The first-order chi connectivity index (χ1) is 17.5. The van der Waals surface area contributed by atoms with E-state index in [-0.39, 0.29) is 11.9 Å². The van der Waals surface area contributed by atoms with Crippen molar-refractivity contribution in [1.82, 2.24) is 14.6 Å². The van der Waals surface area contributed by atoms with Crippen LogP contribution < -0.4 is 15.3 Å². The quantitative estimate of drug-likeness (QED) is 0.445. The van der Waals surface area contributed by atoms with Crippen LogP contribution in [0.25, 0.3) is 5.57 Å². The number of rotatable bonds is 6. The van der Waals surface area contributed by atoms with Crippen molar-refractivity contribution >= 4 is 40.4 Å². The third-order valence-electron chi connectivity index (χ3n) is 7.41. The third-order valence-corrected chi connectivity index (χ3v) is 7.95. The van der Waals surface area contributed by atoms with Crippen LogP contribution in [0.5, 0.6) is 0 Å². The van der Waals surface area contributed by atoms with Crippen LogP contribution in [0, 0.1) is 0 Å². The SMILES string of the molecule is CN(CCN1CCC2=C(Cc3ccc(Cl)cc32)C1C[n+]1ccc(N)n1C)c1ccc(Cl)c(C(F)(F)F)n1. The van der Waals surface area contributed by atoms with Gasteiger partial charge in [-0.15, -0.1) is 9.36 Å². The molecule has 0 spiro atoms. The number of nitrogen functional groups attached to an aromatic ring is 1. The fourth-order valence-corrected chi connectivity index (χ4v) is 5.71. The van der Waals surface area contributed by atoms with Gasteiger partial charge in [0.05, 0.1) is 24.2 Å². The van der Waals surface area contributed by atoms with Crippen LogP contribution in [0.15, 0.2) is 48.2 Å². The molecule has 0 fully saturated rings. The normalized spacial score (nSPS) is 17.8. The molecule has 11 heteroatoms. The molecule has 1 aliphatic heterocycles. The van der Waals surface area contributed by atoms with Gasteiger partial charge in [-0.05, 0) is 59.4 Å². The van der Waals surface area contributed by atoms with Crippen molar-refractivity contribution in [2.75, 3.05) is 37.3 Å². The first kappa shape index (κ1) is 25.9. The van der Waals surface area contributed by atoms with Gasteiger partial charge in [0, 0.05) is 31.7 Å². The van der Waals surface area contributed by atoms with Gasteiger partial charge in [0.25, 0.3) is 0 Å². The second-order valence-electron chi connectivity index (χ2n) is 9.59. The Balaban J connectivity index is 1.39. The Morgan fingerprint density at radius 2 is 1.97 bits per heavy atom. The first-order valence-corrected chi connectivity index (χ1v) is 12.8. The molecule has 2 aromatic heterocycles. The number of hydrogen-bond acceptors (Lipinski definition) is 4. The van der Waals surface area contributed by atoms with Crippen LogP contribution in [0.3, 0.4) is 0 Å². The number of nitrogens with zero attached hydrogens (tertiary/aromatic N) is 5. The van der Waals surface area contributed by atoms with E-state index in [2.05, 4.69) is 26.7 Å². The van der Waals surface area contributed by atoms with Gasteiger partial charge in [-0.2, -0.15) is 13.2 Å². The lowest BCUT2D eigenvalue weighted by molar-refractivity contribution is -0.774. The van der Waals surface area contributed by atoms with Crippen molar-refractivity contribution in [3.8, 4) is 0 Å². The maximum Gasteiger partial charge on any atom is 0.434 e. The zero-order chi connectivity index (χ0) is 26.5. The zero-order valence-electron chi connectivity index (χ0n) is 20.6. The molecule has 2 N–H and O–H groups in total. The molecule has 196 valence electrons. The predicted octanol–water partition coefficient (Wildman–Crippen LogP) is 4.84. The number of fused-ring (bicyclic) bond motifs is 2. The van der Waals surface area contributed by atoms with Crippen LogP contribution in [-0.2, 0) is 26.2 Å². The van der Waals surface area contributed by atoms with E-state index < -0.39 is 16.9 Å². The summed E-state index contributed by atoms with van der Waals surface area (Å²) in [5.41, 5.74) is 10.2. The van der Waals surface area contributed by atoms with Crippen LogP contribution in [-0.4, -0.2) is 47.3 Å². The van der Waals surface area contributed by atoms with E-state index in [0.29, 0.717) is 25.5 Å². The summed E-state index contributed by atoms with van der Waals surface area (Å²) in [4.78, 5) is 7.95. The number of hydrogen-bond donors (Lipinski definition) is 1. The molecular weight excluding hydrogens is 524 g/mol. The first-order valence-electron chi connectivity index (χ1n) is 12.0. The largest absolute Gasteiger partial charge is 0.434 e. The second kappa shape index (κ2) is 9.85. The maximum atomic E-state index is 13.3. The van der Waals surface area contributed by atoms with Crippen molar-refractivity contribution in [1.29, 1.82) is 0 Å². The molecule has 0 amide bonds. The van der Waals surface area contributed by atoms with Crippen molar-refractivity contribution in [2.24, 2.45) is 7.05 Å². The summed E-state index contributed by atoms with van der Waals surface area (Å²) in [6, 6.07) is 10.8. The topological polar surface area (TPSA) is 54.2 Å². The minimum absolute atomic E-state index is 0.102. The number of pyridine rings is 1. The Hall–Kier alpha value is -2.75. The van der Waals surface area contributed by atoms with E-state index in [1.165, 1.54) is 34.4 Å². The number of halogens is 5. The maximum absolute atomic E-state index is 13.3. The minimum Gasteiger partial charge on any atom is -0.381 e. The van der Waals surface area contributed by atoms with Gasteiger partial charge in [-0.25, -0.2) is 4.98 Å². The predicted molar refractivity (Wildman–Crippen MR) is 140 cm³/mol. The summed E-state index contributed by atoms with van der Waals surface area (Å²) in [5, 5.41) is 0.325. The second-order valence-corrected chi connectivity index (χ2v) is 10.4. The summed E-state index contributed by atoms with van der Waals surface area (Å²) in [7, 11) is 3.68. The molecule has 3 heterocycles. The van der Waals surface area contributed by atoms with E-state index in [4.69, 9.17) is 28.9 Å². The zero-order valence-corrected chi connectivity index (χ0v) is 22.1. The molecular formula is C26H28Cl2F3N6+. The summed E-state index contributed by atoms with van der Waals surface area (Å²) < 4.78 is 44.0. The molecule has 0 radical (unpaired) electrons. The molecule has 1 aromatic carbocycles. The Bertz CT molecular complexity index is 1370. The van der Waals surface area contributed by atoms with Crippen molar-refractivity contribution in [3.05, 3.63) is 75.0 Å². The van der Waals surface area contributed by atoms with E-state index >= 15 is 0 Å². The van der Waals surface area contributed by atoms with Gasteiger partial charge in [-0.1, -0.05) is 29.3 Å². The fourth-order valence-electron chi connectivity index (χ4n) is 5.32. The number of anilines is 2. The van der Waals surface area contributed by atoms with Crippen LogP contribution in [0.2, 0.25) is 10.0 Å². The summed E-state index contributed by atoms with van der Waals surface area (Å²) in [6.07, 6.45) is -0.889. The van der Waals surface area contributed by atoms with Crippen LogP contribution in [0.1, 0.15) is 23.2 Å². The average Bonchev–Trinajstić information content (AvgIpc) is 3.37. The minimum atomic E-state index is -4.61. The highest BCUT2D eigenvalue weighted by atomic mass is 35.5. The monoisotopic (exact) mass is 551 g/mol. The summed E-state index contributed by atoms with van der Waals surface area (Å²) in [6.45, 7) is 2.69. The number of benzene rings is 1. The molecule has 0 bridgehead atoms. The summed E-state index contributed by atoms with van der Waals surface area (Å²) >= 11 is 12.1. The lowest BCUT2D eigenvalue weighted by Gasteiger charge is -2.36. The Morgan fingerprint density at radius 1 is 1.19 bits per heavy atom. The van der Waals surface area contributed by atoms with Crippen molar-refractivity contribution in [3.63, 3.8) is 0 Å². The number of alkyl halides is 3. The molecule has 1 unspecified atom stereocenters. The van der Waals surface area contributed by atoms with E-state index in [9.17, 15) is 13.2 Å². The van der Waals surface area contributed by atoms with Gasteiger partial charge in [-0.3, -0.25) is 4.90 Å². The van der Waals surface area contributed by atoms with E-state index in [1.54, 1.807) is 11.9 Å². The smallest absolute Gasteiger partial charge is 0.381 e. The molecule has 3 aromatic rings. The van der Waals surface area contributed by atoms with Gasteiger partial charge < -0.3 is 10.6 Å². The van der Waals surface area contributed by atoms with Gasteiger partial charge >= 0.3 is 6.18 Å². The highest BCUT2D eigenvalue weighted by Crippen LogP contribution is 2.42. The van der Waals surface area contributed by atoms with Crippen LogP contribution >= 0.6 is 23.2 Å². The molecule has 5 rings (SSSR count). The van der Waals surface area contributed by atoms with E-state index in [1.807, 2.05) is 30.1 Å². The molecule has 1 atom stereocenters. The Kier molecular flexibility index (Phi) is 6.89. The third kappa shape index (κ3) is 5.04. The highest BCUT2D eigenvalue weighted by Gasteiger charge is 2.38. The standard InChI is InChI=1S/C26H27Cl2F3N6/c1-34(24-6-5-21(28)25(33-24)26(29,30)31)11-12-36-9-7-18-19-14-17(27)4-3-16(19)13-20(18)22(36)15-37-10-8-23(32)35(37)2/h3-6,8,10,14,22,32H,7,9,11-13,15H2,1-2H3/p+1. The highest BCUT2D eigenvalue weighted by molar-refractivity contribution is 6.31. The molecule has 0 saturated heterocycles. The van der Waals surface area contributed by atoms with Crippen molar-refractivity contribution < 1.29 is 17.9 Å².